The molecule has 1 N–H and O–H groups in total. The van der Waals surface area contributed by atoms with E-state index in [1.165, 1.54) is 0 Å². The normalized spacial score (nSPS) is 10.5. The summed E-state index contributed by atoms with van der Waals surface area (Å²) in [6, 6.07) is 12.6. The fourth-order valence-corrected chi connectivity index (χ4v) is 2.96. The Kier molecular flexibility index (Phi) is 5.66. The fraction of sp³-hybridized carbons (Fsp3) is 0.200. The Morgan fingerprint density at radius 1 is 1.19 bits per heavy atom. The Bertz CT molecular complexity index is 968. The first-order valence-corrected chi connectivity index (χ1v) is 8.63. The van der Waals surface area contributed by atoms with E-state index >= 15 is 0 Å². The molecule has 1 heterocycles. The molecule has 0 aliphatic rings. The molecule has 0 saturated heterocycles. The van der Waals surface area contributed by atoms with Crippen LogP contribution in [0.3, 0.4) is 0 Å². The van der Waals surface area contributed by atoms with E-state index in [0.717, 1.165) is 5.56 Å². The van der Waals surface area contributed by atoms with Crippen molar-refractivity contribution in [2.24, 2.45) is 0 Å². The number of amides is 1. The molecule has 27 heavy (non-hydrogen) atoms. The SMILES string of the molecule is COc1ccc(CNC(=O)c2c(-c3ccccc3Cl)noc2C)c(OC)c1. The molecule has 7 heteroatoms. The van der Waals surface area contributed by atoms with Gasteiger partial charge in [0.2, 0.25) is 0 Å². The van der Waals surface area contributed by atoms with Gasteiger partial charge in [0.1, 0.15) is 28.5 Å². The molecule has 0 unspecified atom stereocenters. The second-order valence-electron chi connectivity index (χ2n) is 5.80. The smallest absolute Gasteiger partial charge is 0.257 e. The molecule has 1 aromatic heterocycles. The van der Waals surface area contributed by atoms with Crippen molar-refractivity contribution in [1.29, 1.82) is 0 Å². The lowest BCUT2D eigenvalue weighted by atomic mass is 10.1. The van der Waals surface area contributed by atoms with Gasteiger partial charge in [0.25, 0.3) is 5.91 Å². The Morgan fingerprint density at radius 3 is 2.67 bits per heavy atom. The van der Waals surface area contributed by atoms with Gasteiger partial charge in [-0.1, -0.05) is 35.0 Å². The van der Waals surface area contributed by atoms with Crippen LogP contribution < -0.4 is 14.8 Å². The van der Waals surface area contributed by atoms with Gasteiger partial charge in [-0.15, -0.1) is 0 Å². The van der Waals surface area contributed by atoms with E-state index in [1.54, 1.807) is 39.3 Å². The molecule has 0 fully saturated rings. The number of halogens is 1. The van der Waals surface area contributed by atoms with E-state index in [2.05, 4.69) is 10.5 Å². The van der Waals surface area contributed by atoms with E-state index in [-0.39, 0.29) is 12.5 Å². The fourth-order valence-electron chi connectivity index (χ4n) is 2.74. The first-order valence-electron chi connectivity index (χ1n) is 8.25. The molecule has 3 rings (SSSR count). The van der Waals surface area contributed by atoms with Crippen molar-refractivity contribution in [3.05, 3.63) is 64.4 Å². The minimum atomic E-state index is -0.304. The molecule has 0 aliphatic heterocycles. The summed E-state index contributed by atoms with van der Waals surface area (Å²) in [7, 11) is 3.15. The topological polar surface area (TPSA) is 73.6 Å². The number of ether oxygens (including phenoxy) is 2. The predicted octanol–water partition coefficient (Wildman–Crippen LogP) is 4.25. The minimum Gasteiger partial charge on any atom is -0.497 e. The molecule has 2 aromatic carbocycles. The van der Waals surface area contributed by atoms with E-state index in [4.69, 9.17) is 25.6 Å². The van der Waals surface area contributed by atoms with Crippen molar-refractivity contribution < 1.29 is 18.8 Å². The van der Waals surface area contributed by atoms with Crippen LogP contribution >= 0.6 is 11.6 Å². The average molecular weight is 387 g/mol. The highest BCUT2D eigenvalue weighted by Crippen LogP contribution is 2.31. The number of aromatic nitrogens is 1. The molecule has 0 aliphatic carbocycles. The molecule has 0 saturated carbocycles. The van der Waals surface area contributed by atoms with E-state index in [1.807, 2.05) is 24.3 Å². The first kappa shape index (κ1) is 18.8. The summed E-state index contributed by atoms with van der Waals surface area (Å²) in [5.74, 6) is 1.42. The van der Waals surface area contributed by atoms with Crippen LogP contribution in [0.2, 0.25) is 5.02 Å². The average Bonchev–Trinajstić information content (AvgIpc) is 3.07. The van der Waals surface area contributed by atoms with Gasteiger partial charge >= 0.3 is 0 Å². The molecule has 3 aromatic rings. The Morgan fingerprint density at radius 2 is 1.96 bits per heavy atom. The molecular formula is C20H19ClN2O4. The third-order valence-corrected chi connectivity index (χ3v) is 4.48. The zero-order valence-corrected chi connectivity index (χ0v) is 16.0. The zero-order valence-electron chi connectivity index (χ0n) is 15.2. The van der Waals surface area contributed by atoms with Crippen LogP contribution in [0.4, 0.5) is 0 Å². The highest BCUT2D eigenvalue weighted by Gasteiger charge is 2.23. The monoisotopic (exact) mass is 386 g/mol. The third kappa shape index (κ3) is 3.90. The Labute approximate surface area is 162 Å². The maximum absolute atomic E-state index is 12.8. The Hall–Kier alpha value is -2.99. The molecule has 6 nitrogen and oxygen atoms in total. The lowest BCUT2D eigenvalue weighted by Gasteiger charge is -2.11. The van der Waals surface area contributed by atoms with Gasteiger partial charge in [0.05, 0.1) is 19.2 Å². The van der Waals surface area contributed by atoms with Gasteiger partial charge in [0, 0.05) is 23.7 Å². The predicted molar refractivity (Wildman–Crippen MR) is 102 cm³/mol. The second kappa shape index (κ2) is 8.14. The number of methoxy groups -OCH3 is 2. The molecule has 0 bridgehead atoms. The van der Waals surface area contributed by atoms with E-state index in [0.29, 0.717) is 39.1 Å². The van der Waals surface area contributed by atoms with Gasteiger partial charge < -0.3 is 19.3 Å². The number of hydrogen-bond donors (Lipinski definition) is 1. The zero-order chi connectivity index (χ0) is 19.4. The van der Waals surface area contributed by atoms with Crippen molar-refractivity contribution >= 4 is 17.5 Å². The maximum Gasteiger partial charge on any atom is 0.257 e. The largest absolute Gasteiger partial charge is 0.497 e. The van der Waals surface area contributed by atoms with Gasteiger partial charge in [-0.25, -0.2) is 0 Å². The number of nitrogens with one attached hydrogen (secondary N) is 1. The van der Waals surface area contributed by atoms with Crippen LogP contribution in [0, 0.1) is 6.92 Å². The number of nitrogens with zero attached hydrogens (tertiary/aromatic N) is 1. The summed E-state index contributed by atoms with van der Waals surface area (Å²) in [5, 5.41) is 7.40. The van der Waals surface area contributed by atoms with Crippen LogP contribution in [0.15, 0.2) is 47.0 Å². The van der Waals surface area contributed by atoms with Crippen LogP contribution in [-0.2, 0) is 6.54 Å². The molecule has 140 valence electrons. The summed E-state index contributed by atoms with van der Waals surface area (Å²) in [6.07, 6.45) is 0. The lowest BCUT2D eigenvalue weighted by molar-refractivity contribution is 0.0949. The lowest BCUT2D eigenvalue weighted by Crippen LogP contribution is -2.24. The van der Waals surface area contributed by atoms with Gasteiger partial charge in [0.15, 0.2) is 0 Å². The number of benzene rings is 2. The molecular weight excluding hydrogens is 368 g/mol. The van der Waals surface area contributed by atoms with Crippen molar-refractivity contribution in [3.8, 4) is 22.8 Å². The van der Waals surface area contributed by atoms with Crippen LogP contribution in [0.25, 0.3) is 11.3 Å². The van der Waals surface area contributed by atoms with Gasteiger partial charge in [-0.3, -0.25) is 4.79 Å². The summed E-state index contributed by atoms with van der Waals surface area (Å²) in [5.41, 5.74) is 2.23. The van der Waals surface area contributed by atoms with Crippen LogP contribution in [0.5, 0.6) is 11.5 Å². The maximum atomic E-state index is 12.8. The number of hydrogen-bond acceptors (Lipinski definition) is 5. The Balaban J connectivity index is 1.84. The highest BCUT2D eigenvalue weighted by atomic mass is 35.5. The molecule has 1 amide bonds. The number of aryl methyl sites for hydroxylation is 1. The summed E-state index contributed by atoms with van der Waals surface area (Å²) >= 11 is 6.24. The van der Waals surface area contributed by atoms with Crippen molar-refractivity contribution in [3.63, 3.8) is 0 Å². The van der Waals surface area contributed by atoms with Crippen molar-refractivity contribution in [2.45, 2.75) is 13.5 Å². The van der Waals surface area contributed by atoms with E-state index < -0.39 is 0 Å². The van der Waals surface area contributed by atoms with Gasteiger partial charge in [-0.2, -0.15) is 0 Å². The minimum absolute atomic E-state index is 0.276. The second-order valence-corrected chi connectivity index (χ2v) is 6.21. The number of carbonyl (C=O) groups excluding carboxylic acids is 1. The van der Waals surface area contributed by atoms with Crippen molar-refractivity contribution in [2.75, 3.05) is 14.2 Å². The van der Waals surface area contributed by atoms with Crippen LogP contribution in [0.1, 0.15) is 21.7 Å². The summed E-state index contributed by atoms with van der Waals surface area (Å²) in [4.78, 5) is 12.8. The molecule has 0 spiro atoms. The quantitative estimate of drug-likeness (QED) is 0.685. The summed E-state index contributed by atoms with van der Waals surface area (Å²) < 4.78 is 15.8. The number of rotatable bonds is 6. The highest BCUT2D eigenvalue weighted by molar-refractivity contribution is 6.33. The molecule has 0 atom stereocenters. The summed E-state index contributed by atoms with van der Waals surface area (Å²) in [6.45, 7) is 1.97. The van der Waals surface area contributed by atoms with Crippen molar-refractivity contribution in [1.82, 2.24) is 10.5 Å². The standard InChI is InChI=1S/C20H19ClN2O4/c1-12-18(19(23-27-12)15-6-4-5-7-16(15)21)20(24)22-11-13-8-9-14(25-2)10-17(13)26-3/h4-10H,11H2,1-3H3,(H,22,24). The molecule has 0 radical (unpaired) electrons. The van der Waals surface area contributed by atoms with Gasteiger partial charge in [-0.05, 0) is 25.1 Å². The number of carbonyl (C=O) groups is 1. The van der Waals surface area contributed by atoms with E-state index in [9.17, 15) is 4.79 Å². The van der Waals surface area contributed by atoms with Crippen LogP contribution in [-0.4, -0.2) is 25.3 Å². The first-order chi connectivity index (χ1) is 13.0. The third-order valence-electron chi connectivity index (χ3n) is 4.15.